The smallest absolute Gasteiger partial charge is 0.306 e. The van der Waals surface area contributed by atoms with Crippen LogP contribution in [-0.2, 0) is 11.3 Å². The zero-order valence-electron chi connectivity index (χ0n) is 8.91. The quantitative estimate of drug-likeness (QED) is 0.771. The van der Waals surface area contributed by atoms with Gasteiger partial charge in [-0.3, -0.25) is 9.48 Å². The first-order chi connectivity index (χ1) is 7.59. The van der Waals surface area contributed by atoms with Crippen molar-refractivity contribution in [3.05, 3.63) is 12.7 Å². The number of aliphatic carboxylic acids is 1. The van der Waals surface area contributed by atoms with Gasteiger partial charge in [0.2, 0.25) is 0 Å². The summed E-state index contributed by atoms with van der Waals surface area (Å²) >= 11 is 0. The Kier molecular flexibility index (Phi) is 2.91. The van der Waals surface area contributed by atoms with E-state index in [0.717, 1.165) is 0 Å². The standard InChI is InChI=1S/C10H15N3O3/c14-9(15)8-1-3-10(16,4-2-8)5-13-7-11-6-12-13/h6-8,16H,1-5H2,(H,14,15). The second-order valence-corrected chi connectivity index (χ2v) is 4.43. The van der Waals surface area contributed by atoms with E-state index in [1.165, 1.54) is 6.33 Å². The van der Waals surface area contributed by atoms with Crippen LogP contribution < -0.4 is 0 Å². The van der Waals surface area contributed by atoms with Crippen LogP contribution in [0.25, 0.3) is 0 Å². The van der Waals surface area contributed by atoms with Crippen molar-refractivity contribution in [2.24, 2.45) is 5.92 Å². The zero-order valence-corrected chi connectivity index (χ0v) is 8.91. The van der Waals surface area contributed by atoms with Crippen LogP contribution in [0.3, 0.4) is 0 Å². The number of carbonyl (C=O) groups is 1. The van der Waals surface area contributed by atoms with Crippen molar-refractivity contribution in [2.45, 2.75) is 37.8 Å². The molecule has 6 nitrogen and oxygen atoms in total. The summed E-state index contributed by atoms with van der Waals surface area (Å²) in [6, 6.07) is 0. The number of aliphatic hydroxyl groups is 1. The predicted octanol–water partition coefficient (Wildman–Crippen LogP) is 0.284. The molecule has 6 heteroatoms. The summed E-state index contributed by atoms with van der Waals surface area (Å²) in [6.45, 7) is 0.388. The third kappa shape index (κ3) is 2.38. The summed E-state index contributed by atoms with van der Waals surface area (Å²) in [4.78, 5) is 14.6. The molecule has 0 aromatic carbocycles. The predicted molar refractivity (Wildman–Crippen MR) is 54.6 cm³/mol. The van der Waals surface area contributed by atoms with E-state index in [0.29, 0.717) is 32.2 Å². The average molecular weight is 225 g/mol. The first kappa shape index (κ1) is 11.1. The van der Waals surface area contributed by atoms with E-state index in [1.807, 2.05) is 0 Å². The topological polar surface area (TPSA) is 88.2 Å². The Bertz CT molecular complexity index is 355. The Labute approximate surface area is 92.9 Å². The van der Waals surface area contributed by atoms with Gasteiger partial charge < -0.3 is 10.2 Å². The van der Waals surface area contributed by atoms with Crippen molar-refractivity contribution in [1.82, 2.24) is 14.8 Å². The molecule has 0 bridgehead atoms. The first-order valence-corrected chi connectivity index (χ1v) is 5.37. The molecule has 1 aromatic rings. The van der Waals surface area contributed by atoms with Crippen LogP contribution in [0.15, 0.2) is 12.7 Å². The highest BCUT2D eigenvalue weighted by Gasteiger charge is 2.36. The fourth-order valence-corrected chi connectivity index (χ4v) is 2.18. The Morgan fingerprint density at radius 3 is 2.69 bits per heavy atom. The van der Waals surface area contributed by atoms with Gasteiger partial charge in [0, 0.05) is 0 Å². The fraction of sp³-hybridized carbons (Fsp3) is 0.700. The van der Waals surface area contributed by atoms with Crippen molar-refractivity contribution in [3.63, 3.8) is 0 Å². The fourth-order valence-electron chi connectivity index (χ4n) is 2.18. The monoisotopic (exact) mass is 225 g/mol. The second-order valence-electron chi connectivity index (χ2n) is 4.43. The molecule has 0 spiro atoms. The summed E-state index contributed by atoms with van der Waals surface area (Å²) in [6.07, 6.45) is 5.04. The lowest BCUT2D eigenvalue weighted by Crippen LogP contribution is -2.39. The Hall–Kier alpha value is -1.43. The minimum atomic E-state index is -0.834. The van der Waals surface area contributed by atoms with Crippen molar-refractivity contribution < 1.29 is 15.0 Å². The maximum atomic E-state index is 10.8. The minimum absolute atomic E-state index is 0.309. The zero-order chi connectivity index (χ0) is 11.6. The van der Waals surface area contributed by atoms with Crippen LogP contribution >= 0.6 is 0 Å². The third-order valence-electron chi connectivity index (χ3n) is 3.19. The number of aromatic nitrogens is 3. The Balaban J connectivity index is 1.93. The molecule has 0 radical (unpaired) electrons. The molecule has 2 rings (SSSR count). The summed E-state index contributed by atoms with van der Waals surface area (Å²) in [7, 11) is 0. The maximum Gasteiger partial charge on any atom is 0.306 e. The summed E-state index contributed by atoms with van der Waals surface area (Å²) in [5.74, 6) is -1.07. The molecule has 1 aliphatic carbocycles. The van der Waals surface area contributed by atoms with Crippen LogP contribution in [0.1, 0.15) is 25.7 Å². The van der Waals surface area contributed by atoms with E-state index in [-0.39, 0.29) is 5.92 Å². The first-order valence-electron chi connectivity index (χ1n) is 5.37. The minimum Gasteiger partial charge on any atom is -0.481 e. The highest BCUT2D eigenvalue weighted by atomic mass is 16.4. The molecule has 1 saturated carbocycles. The van der Waals surface area contributed by atoms with Gasteiger partial charge in [0.05, 0.1) is 18.1 Å². The lowest BCUT2D eigenvalue weighted by atomic mass is 9.79. The van der Waals surface area contributed by atoms with Crippen molar-refractivity contribution >= 4 is 5.97 Å². The maximum absolute atomic E-state index is 10.8. The highest BCUT2D eigenvalue weighted by Crippen LogP contribution is 2.33. The molecule has 0 saturated heterocycles. The van der Waals surface area contributed by atoms with Gasteiger partial charge in [-0.1, -0.05) is 0 Å². The van der Waals surface area contributed by atoms with Crippen LogP contribution in [0.2, 0.25) is 0 Å². The van der Waals surface area contributed by atoms with Gasteiger partial charge in [-0.2, -0.15) is 5.10 Å². The molecule has 88 valence electrons. The molecular formula is C10H15N3O3. The number of nitrogens with zero attached hydrogens (tertiary/aromatic N) is 3. The van der Waals surface area contributed by atoms with Gasteiger partial charge in [-0.15, -0.1) is 0 Å². The van der Waals surface area contributed by atoms with Gasteiger partial charge in [0.1, 0.15) is 12.7 Å². The van der Waals surface area contributed by atoms with Crippen LogP contribution in [0.4, 0.5) is 0 Å². The van der Waals surface area contributed by atoms with Gasteiger partial charge in [-0.05, 0) is 25.7 Å². The third-order valence-corrected chi connectivity index (χ3v) is 3.19. The molecular weight excluding hydrogens is 210 g/mol. The molecule has 2 N–H and O–H groups in total. The van der Waals surface area contributed by atoms with E-state index in [4.69, 9.17) is 5.11 Å². The molecule has 0 unspecified atom stereocenters. The van der Waals surface area contributed by atoms with Gasteiger partial charge in [0.15, 0.2) is 0 Å². The molecule has 0 aliphatic heterocycles. The number of rotatable bonds is 3. The van der Waals surface area contributed by atoms with Crippen molar-refractivity contribution in [3.8, 4) is 0 Å². The molecule has 1 aliphatic rings. The van der Waals surface area contributed by atoms with Crippen LogP contribution in [0, 0.1) is 5.92 Å². The van der Waals surface area contributed by atoms with Crippen molar-refractivity contribution in [1.29, 1.82) is 0 Å². The number of hydrogen-bond acceptors (Lipinski definition) is 4. The van der Waals surface area contributed by atoms with Crippen LogP contribution in [-0.4, -0.2) is 36.5 Å². The second kappa shape index (κ2) is 4.21. The lowest BCUT2D eigenvalue weighted by Gasteiger charge is -2.34. The van der Waals surface area contributed by atoms with Crippen molar-refractivity contribution in [2.75, 3.05) is 0 Å². The molecule has 1 aromatic heterocycles. The SMILES string of the molecule is O=C(O)C1CCC(O)(Cn2cncn2)CC1. The van der Waals surface area contributed by atoms with E-state index in [2.05, 4.69) is 10.1 Å². The average Bonchev–Trinajstić information content (AvgIpc) is 2.70. The normalized spacial score (nSPS) is 30.2. The number of carboxylic acids is 1. The molecule has 1 fully saturated rings. The number of hydrogen-bond donors (Lipinski definition) is 2. The molecule has 1 heterocycles. The Morgan fingerprint density at radius 2 is 2.19 bits per heavy atom. The van der Waals surface area contributed by atoms with Gasteiger partial charge in [0.25, 0.3) is 0 Å². The molecule has 0 atom stereocenters. The molecule has 16 heavy (non-hydrogen) atoms. The van der Waals surface area contributed by atoms with E-state index in [1.54, 1.807) is 11.0 Å². The summed E-state index contributed by atoms with van der Waals surface area (Å²) in [5, 5.41) is 23.1. The molecule has 0 amide bonds. The number of carboxylic acid groups (broad SMARTS) is 1. The van der Waals surface area contributed by atoms with Crippen LogP contribution in [0.5, 0.6) is 0 Å². The lowest BCUT2D eigenvalue weighted by molar-refractivity contribution is -0.145. The Morgan fingerprint density at radius 1 is 1.50 bits per heavy atom. The highest BCUT2D eigenvalue weighted by molar-refractivity contribution is 5.70. The summed E-state index contributed by atoms with van der Waals surface area (Å²) < 4.78 is 1.58. The van der Waals surface area contributed by atoms with E-state index < -0.39 is 11.6 Å². The van der Waals surface area contributed by atoms with E-state index in [9.17, 15) is 9.90 Å². The van der Waals surface area contributed by atoms with E-state index >= 15 is 0 Å². The van der Waals surface area contributed by atoms with Gasteiger partial charge in [-0.25, -0.2) is 4.98 Å². The summed E-state index contributed by atoms with van der Waals surface area (Å²) in [5.41, 5.74) is -0.834. The largest absolute Gasteiger partial charge is 0.481 e. The van der Waals surface area contributed by atoms with Gasteiger partial charge >= 0.3 is 5.97 Å².